The predicted octanol–water partition coefficient (Wildman–Crippen LogP) is 2.19. The molecule has 27 heavy (non-hydrogen) atoms. The fourth-order valence-electron chi connectivity index (χ4n) is 3.52. The molecule has 2 heterocycles. The maximum atomic E-state index is 13.6. The summed E-state index contributed by atoms with van der Waals surface area (Å²) in [7, 11) is 1.82. The van der Waals surface area contributed by atoms with Gasteiger partial charge in [0.1, 0.15) is 5.82 Å². The van der Waals surface area contributed by atoms with Gasteiger partial charge >= 0.3 is 0 Å². The highest BCUT2D eigenvalue weighted by Crippen LogP contribution is 2.38. The number of nitrogens with one attached hydrogen (secondary N) is 2. The normalized spacial score (nSPS) is 20.1. The SMILES string of the molecule is Cn1cc(C(NC(=O)c2cn[nH]c2-c2cccc(F)c2)C2CC(O)C2)cn1. The Morgan fingerprint density at radius 3 is 2.89 bits per heavy atom. The number of hydrogen-bond acceptors (Lipinski definition) is 4. The molecule has 7 nitrogen and oxygen atoms in total. The topological polar surface area (TPSA) is 95.8 Å². The van der Waals surface area contributed by atoms with Crippen LogP contribution in [0.4, 0.5) is 4.39 Å². The first-order chi connectivity index (χ1) is 13.0. The number of rotatable bonds is 5. The van der Waals surface area contributed by atoms with Crippen LogP contribution in [-0.2, 0) is 7.05 Å². The van der Waals surface area contributed by atoms with Gasteiger partial charge in [0, 0.05) is 24.4 Å². The number of halogens is 1. The lowest BCUT2D eigenvalue weighted by Gasteiger charge is -2.37. The summed E-state index contributed by atoms with van der Waals surface area (Å²) in [5, 5.41) is 23.6. The van der Waals surface area contributed by atoms with Crippen molar-refractivity contribution >= 4 is 5.91 Å². The minimum Gasteiger partial charge on any atom is -0.393 e. The summed E-state index contributed by atoms with van der Waals surface area (Å²) < 4.78 is 15.2. The maximum absolute atomic E-state index is 13.6. The van der Waals surface area contributed by atoms with Crippen molar-refractivity contribution in [1.29, 1.82) is 0 Å². The Labute approximate surface area is 155 Å². The lowest BCUT2D eigenvalue weighted by molar-refractivity contribution is 0.0235. The van der Waals surface area contributed by atoms with Gasteiger partial charge in [0.05, 0.1) is 35.8 Å². The number of carbonyl (C=O) groups is 1. The van der Waals surface area contributed by atoms with Crippen molar-refractivity contribution in [3.05, 3.63) is 59.8 Å². The smallest absolute Gasteiger partial charge is 0.255 e. The molecule has 1 saturated carbocycles. The summed E-state index contributed by atoms with van der Waals surface area (Å²) in [4.78, 5) is 12.9. The fourth-order valence-corrected chi connectivity index (χ4v) is 3.52. The number of nitrogens with zero attached hydrogens (tertiary/aromatic N) is 3. The van der Waals surface area contributed by atoms with Gasteiger partial charge in [0.25, 0.3) is 5.91 Å². The molecule has 2 aromatic heterocycles. The van der Waals surface area contributed by atoms with Gasteiger partial charge in [-0.15, -0.1) is 0 Å². The molecule has 1 amide bonds. The van der Waals surface area contributed by atoms with E-state index in [0.717, 1.165) is 5.56 Å². The summed E-state index contributed by atoms with van der Waals surface area (Å²) in [5.41, 5.74) is 2.24. The summed E-state index contributed by atoms with van der Waals surface area (Å²) >= 11 is 0. The van der Waals surface area contributed by atoms with E-state index in [1.54, 1.807) is 23.0 Å². The van der Waals surface area contributed by atoms with Crippen LogP contribution in [0.5, 0.6) is 0 Å². The molecule has 1 atom stereocenters. The second-order valence-corrected chi connectivity index (χ2v) is 6.95. The number of amides is 1. The van der Waals surface area contributed by atoms with Crippen LogP contribution in [0.3, 0.4) is 0 Å². The highest BCUT2D eigenvalue weighted by Gasteiger charge is 2.36. The minimum atomic E-state index is -0.384. The molecule has 140 valence electrons. The molecule has 0 bridgehead atoms. The number of aryl methyl sites for hydroxylation is 1. The first kappa shape index (κ1) is 17.4. The number of aliphatic hydroxyl groups is 1. The zero-order chi connectivity index (χ0) is 19.0. The standard InChI is InChI=1S/C19H20FN5O2/c1-25-10-13(8-22-25)17(12-6-15(26)7-12)23-19(27)16-9-21-24-18(16)11-3-2-4-14(20)5-11/h2-5,8-10,12,15,17,26H,6-7H2,1H3,(H,21,24)(H,23,27). The van der Waals surface area contributed by atoms with Crippen molar-refractivity contribution < 1.29 is 14.3 Å². The fraction of sp³-hybridized carbons (Fsp3) is 0.316. The number of carbonyl (C=O) groups excluding carboxylic acids is 1. The first-order valence-corrected chi connectivity index (χ1v) is 8.78. The molecule has 1 unspecified atom stereocenters. The third-order valence-electron chi connectivity index (χ3n) is 4.99. The molecular weight excluding hydrogens is 349 g/mol. The lowest BCUT2D eigenvalue weighted by atomic mass is 9.75. The largest absolute Gasteiger partial charge is 0.393 e. The number of hydrogen-bond donors (Lipinski definition) is 3. The quantitative estimate of drug-likeness (QED) is 0.642. The van der Waals surface area contributed by atoms with E-state index in [1.807, 2.05) is 13.2 Å². The molecule has 0 saturated heterocycles. The van der Waals surface area contributed by atoms with Gasteiger partial charge in [-0.05, 0) is 30.9 Å². The van der Waals surface area contributed by atoms with Gasteiger partial charge in [-0.25, -0.2) is 4.39 Å². The summed E-state index contributed by atoms with van der Waals surface area (Å²) in [5.74, 6) is -0.555. The van der Waals surface area contributed by atoms with E-state index in [4.69, 9.17) is 0 Å². The van der Waals surface area contributed by atoms with Gasteiger partial charge < -0.3 is 10.4 Å². The molecule has 4 rings (SSSR count). The second-order valence-electron chi connectivity index (χ2n) is 6.95. The van der Waals surface area contributed by atoms with Crippen molar-refractivity contribution in [1.82, 2.24) is 25.3 Å². The zero-order valence-corrected chi connectivity index (χ0v) is 14.8. The van der Waals surface area contributed by atoms with Gasteiger partial charge in [-0.3, -0.25) is 14.6 Å². The molecule has 3 N–H and O–H groups in total. The van der Waals surface area contributed by atoms with Crippen LogP contribution < -0.4 is 5.32 Å². The Hall–Kier alpha value is -3.00. The molecule has 1 fully saturated rings. The molecule has 1 aliphatic carbocycles. The summed E-state index contributed by atoms with van der Waals surface area (Å²) in [6.07, 6.45) is 5.94. The van der Waals surface area contributed by atoms with E-state index in [9.17, 15) is 14.3 Å². The van der Waals surface area contributed by atoms with Crippen molar-refractivity contribution in [3.63, 3.8) is 0 Å². The molecule has 8 heteroatoms. The molecule has 1 aliphatic rings. The average Bonchev–Trinajstić information content (AvgIpc) is 3.26. The number of aromatic amines is 1. The predicted molar refractivity (Wildman–Crippen MR) is 96.1 cm³/mol. The van der Waals surface area contributed by atoms with Gasteiger partial charge in [-0.2, -0.15) is 10.2 Å². The van der Waals surface area contributed by atoms with Gasteiger partial charge in [0.2, 0.25) is 0 Å². The van der Waals surface area contributed by atoms with Crippen LogP contribution in [0.2, 0.25) is 0 Å². The Morgan fingerprint density at radius 1 is 1.41 bits per heavy atom. The molecule has 0 aliphatic heterocycles. The van der Waals surface area contributed by atoms with E-state index >= 15 is 0 Å². The van der Waals surface area contributed by atoms with E-state index < -0.39 is 0 Å². The van der Waals surface area contributed by atoms with Crippen LogP contribution in [0, 0.1) is 11.7 Å². The number of aromatic nitrogens is 4. The zero-order valence-electron chi connectivity index (χ0n) is 14.8. The minimum absolute atomic E-state index is 0.137. The maximum Gasteiger partial charge on any atom is 0.255 e. The molecule has 1 aromatic carbocycles. The number of aliphatic hydroxyl groups excluding tert-OH is 1. The van der Waals surface area contributed by atoms with E-state index in [2.05, 4.69) is 20.6 Å². The Kier molecular flexibility index (Phi) is 4.49. The number of H-pyrrole nitrogens is 1. The van der Waals surface area contributed by atoms with Crippen molar-refractivity contribution in [2.24, 2.45) is 13.0 Å². The monoisotopic (exact) mass is 369 g/mol. The molecular formula is C19H20FN5O2. The van der Waals surface area contributed by atoms with Crippen LogP contribution in [0.15, 0.2) is 42.9 Å². The Balaban J connectivity index is 1.60. The van der Waals surface area contributed by atoms with Crippen LogP contribution in [0.1, 0.15) is 34.8 Å². The van der Waals surface area contributed by atoms with Crippen molar-refractivity contribution in [2.45, 2.75) is 25.0 Å². The lowest BCUT2D eigenvalue weighted by Crippen LogP contribution is -2.41. The average molecular weight is 369 g/mol. The van der Waals surface area contributed by atoms with Gasteiger partial charge in [0.15, 0.2) is 0 Å². The molecule has 0 spiro atoms. The Bertz CT molecular complexity index is 960. The third kappa shape index (κ3) is 3.48. The summed E-state index contributed by atoms with van der Waals surface area (Å²) in [6, 6.07) is 5.74. The van der Waals surface area contributed by atoms with E-state index in [-0.39, 0.29) is 29.8 Å². The molecule has 0 radical (unpaired) electrons. The van der Waals surface area contributed by atoms with Gasteiger partial charge in [-0.1, -0.05) is 12.1 Å². The van der Waals surface area contributed by atoms with Crippen LogP contribution in [0.25, 0.3) is 11.3 Å². The van der Waals surface area contributed by atoms with Crippen molar-refractivity contribution in [3.8, 4) is 11.3 Å². The van der Waals surface area contributed by atoms with Crippen LogP contribution in [-0.4, -0.2) is 37.1 Å². The Morgan fingerprint density at radius 2 is 2.22 bits per heavy atom. The summed E-state index contributed by atoms with van der Waals surface area (Å²) in [6.45, 7) is 0. The second kappa shape index (κ2) is 6.96. The van der Waals surface area contributed by atoms with Crippen molar-refractivity contribution in [2.75, 3.05) is 0 Å². The highest BCUT2D eigenvalue weighted by atomic mass is 19.1. The van der Waals surface area contributed by atoms with Crippen LogP contribution >= 0.6 is 0 Å². The third-order valence-corrected chi connectivity index (χ3v) is 4.99. The van der Waals surface area contributed by atoms with E-state index in [0.29, 0.717) is 29.7 Å². The van der Waals surface area contributed by atoms with E-state index in [1.165, 1.54) is 18.3 Å². The molecule has 3 aromatic rings. The number of benzene rings is 1. The highest BCUT2D eigenvalue weighted by molar-refractivity contribution is 6.00. The first-order valence-electron chi connectivity index (χ1n) is 8.78.